The number of carbonyl (C=O) groups is 2. The van der Waals surface area contributed by atoms with Crippen LogP contribution in [-0.2, 0) is 9.59 Å². The van der Waals surface area contributed by atoms with E-state index in [0.29, 0.717) is 12.0 Å². The number of aryl methyl sites for hydroxylation is 2. The van der Waals surface area contributed by atoms with Gasteiger partial charge < -0.3 is 10.0 Å². The lowest BCUT2D eigenvalue weighted by Gasteiger charge is -2.36. The molecule has 1 unspecified atom stereocenters. The van der Waals surface area contributed by atoms with Gasteiger partial charge in [0.2, 0.25) is 5.91 Å². The number of carboxylic acid groups (broad SMARTS) is 1. The van der Waals surface area contributed by atoms with Crippen molar-refractivity contribution in [1.82, 2.24) is 19.8 Å². The number of nitrogens with zero attached hydrogens (tertiary/aromatic N) is 4. The molecule has 2 aliphatic heterocycles. The molecule has 1 N–H and O–H groups in total. The Balaban J connectivity index is 0.000000701. The minimum absolute atomic E-state index is 0.210. The first-order valence-corrected chi connectivity index (χ1v) is 8.84. The van der Waals surface area contributed by atoms with E-state index in [2.05, 4.69) is 14.9 Å². The van der Waals surface area contributed by atoms with Crippen molar-refractivity contribution >= 4 is 12.4 Å². The summed E-state index contributed by atoms with van der Waals surface area (Å²) in [6.45, 7) is 9.51. The standard InChI is InChI=1S/C17H26N4O.CH2O2/c1-12-10-13(2)19-17(18-12)15-4-7-21(11-15)16-5-8-20(9-6-16)14(3)22;2-1-3/h10,15-16H,4-9,11H2,1-3H3;1H,(H,2,3). The molecule has 7 nitrogen and oxygen atoms in total. The fraction of sp³-hybridized carbons (Fsp3) is 0.667. The van der Waals surface area contributed by atoms with E-state index >= 15 is 0 Å². The number of hydrogen-bond donors (Lipinski definition) is 1. The quantitative estimate of drug-likeness (QED) is 0.817. The molecule has 0 spiro atoms. The molecule has 2 aliphatic rings. The average Bonchev–Trinajstić information content (AvgIpc) is 3.05. The molecule has 0 aromatic carbocycles. The second-order valence-corrected chi connectivity index (χ2v) is 6.83. The van der Waals surface area contributed by atoms with Crippen LogP contribution >= 0.6 is 0 Å². The van der Waals surface area contributed by atoms with Crippen LogP contribution in [0, 0.1) is 13.8 Å². The molecule has 1 aromatic heterocycles. The van der Waals surface area contributed by atoms with E-state index < -0.39 is 0 Å². The normalized spacial score (nSPS) is 21.6. The lowest BCUT2D eigenvalue weighted by atomic mass is 10.0. The van der Waals surface area contributed by atoms with Gasteiger partial charge in [-0.15, -0.1) is 0 Å². The first-order chi connectivity index (χ1) is 11.9. The Kier molecular flexibility index (Phi) is 6.87. The Morgan fingerprint density at radius 3 is 2.24 bits per heavy atom. The minimum Gasteiger partial charge on any atom is -0.483 e. The zero-order valence-corrected chi connectivity index (χ0v) is 15.3. The van der Waals surface area contributed by atoms with Crippen LogP contribution in [0.3, 0.4) is 0 Å². The second kappa shape index (κ2) is 8.89. The monoisotopic (exact) mass is 348 g/mol. The third kappa shape index (κ3) is 5.22. The molecular formula is C18H28N4O3. The smallest absolute Gasteiger partial charge is 0.290 e. The van der Waals surface area contributed by atoms with E-state index in [0.717, 1.165) is 62.7 Å². The summed E-state index contributed by atoms with van der Waals surface area (Å²) in [4.78, 5) is 33.6. The van der Waals surface area contributed by atoms with Gasteiger partial charge in [-0.2, -0.15) is 0 Å². The highest BCUT2D eigenvalue weighted by atomic mass is 16.3. The zero-order chi connectivity index (χ0) is 18.4. The van der Waals surface area contributed by atoms with Gasteiger partial charge in [0.25, 0.3) is 6.47 Å². The van der Waals surface area contributed by atoms with Crippen LogP contribution in [0.4, 0.5) is 0 Å². The van der Waals surface area contributed by atoms with Gasteiger partial charge in [0.15, 0.2) is 0 Å². The van der Waals surface area contributed by atoms with E-state index in [-0.39, 0.29) is 12.4 Å². The Hall–Kier alpha value is -2.02. The van der Waals surface area contributed by atoms with Crippen molar-refractivity contribution in [2.45, 2.75) is 52.0 Å². The average molecular weight is 348 g/mol. The van der Waals surface area contributed by atoms with Crippen LogP contribution < -0.4 is 0 Å². The van der Waals surface area contributed by atoms with Crippen molar-refractivity contribution in [2.75, 3.05) is 26.2 Å². The summed E-state index contributed by atoms with van der Waals surface area (Å²) in [5, 5.41) is 6.89. The van der Waals surface area contributed by atoms with Crippen molar-refractivity contribution in [1.29, 1.82) is 0 Å². The second-order valence-electron chi connectivity index (χ2n) is 6.83. The number of aromatic nitrogens is 2. The van der Waals surface area contributed by atoms with E-state index in [1.165, 1.54) is 0 Å². The number of likely N-dealkylation sites (tertiary alicyclic amines) is 2. The largest absolute Gasteiger partial charge is 0.483 e. The SMILES string of the molecule is CC(=O)N1CCC(N2CCC(c3nc(C)cc(C)n3)C2)CC1.O=CO. The number of amides is 1. The number of carbonyl (C=O) groups excluding carboxylic acids is 1. The molecular weight excluding hydrogens is 320 g/mol. The molecule has 0 saturated carbocycles. The maximum atomic E-state index is 11.4. The van der Waals surface area contributed by atoms with Gasteiger partial charge in [0.1, 0.15) is 5.82 Å². The Labute approximate surface area is 149 Å². The maximum absolute atomic E-state index is 11.4. The number of hydrogen-bond acceptors (Lipinski definition) is 5. The lowest BCUT2D eigenvalue weighted by Crippen LogP contribution is -2.45. The molecule has 0 bridgehead atoms. The molecule has 0 radical (unpaired) electrons. The molecule has 3 rings (SSSR count). The van der Waals surface area contributed by atoms with E-state index in [1.54, 1.807) is 6.92 Å². The van der Waals surface area contributed by atoms with Crippen molar-refractivity contribution in [3.05, 3.63) is 23.3 Å². The van der Waals surface area contributed by atoms with Crippen LogP contribution in [0.15, 0.2) is 6.07 Å². The third-order valence-corrected chi connectivity index (χ3v) is 5.01. The lowest BCUT2D eigenvalue weighted by molar-refractivity contribution is -0.130. The van der Waals surface area contributed by atoms with Crippen molar-refractivity contribution in [2.24, 2.45) is 0 Å². The van der Waals surface area contributed by atoms with E-state index in [9.17, 15) is 4.79 Å². The van der Waals surface area contributed by atoms with Gasteiger partial charge in [0, 0.05) is 49.9 Å². The van der Waals surface area contributed by atoms with Crippen molar-refractivity contribution in [3.63, 3.8) is 0 Å². The molecule has 3 heterocycles. The molecule has 1 atom stereocenters. The highest BCUT2D eigenvalue weighted by Crippen LogP contribution is 2.29. The van der Waals surface area contributed by atoms with Crippen LogP contribution in [0.5, 0.6) is 0 Å². The minimum atomic E-state index is -0.250. The summed E-state index contributed by atoms with van der Waals surface area (Å²) < 4.78 is 0. The summed E-state index contributed by atoms with van der Waals surface area (Å²) in [6, 6.07) is 2.65. The zero-order valence-electron chi connectivity index (χ0n) is 15.3. The predicted molar refractivity (Wildman–Crippen MR) is 94.4 cm³/mol. The molecule has 138 valence electrons. The molecule has 2 saturated heterocycles. The highest BCUT2D eigenvalue weighted by molar-refractivity contribution is 5.73. The fourth-order valence-electron chi connectivity index (χ4n) is 3.81. The van der Waals surface area contributed by atoms with Gasteiger partial charge in [-0.1, -0.05) is 0 Å². The molecule has 0 aliphatic carbocycles. The fourth-order valence-corrected chi connectivity index (χ4v) is 3.81. The summed E-state index contributed by atoms with van der Waals surface area (Å²) in [5.74, 6) is 1.69. The van der Waals surface area contributed by atoms with Crippen LogP contribution in [0.25, 0.3) is 0 Å². The highest BCUT2D eigenvalue weighted by Gasteiger charge is 2.32. The summed E-state index contributed by atoms with van der Waals surface area (Å²) >= 11 is 0. The maximum Gasteiger partial charge on any atom is 0.290 e. The van der Waals surface area contributed by atoms with Crippen LogP contribution in [-0.4, -0.2) is 69.5 Å². The van der Waals surface area contributed by atoms with E-state index in [1.807, 2.05) is 24.8 Å². The topological polar surface area (TPSA) is 86.6 Å². The number of piperidine rings is 1. The third-order valence-electron chi connectivity index (χ3n) is 5.01. The van der Waals surface area contributed by atoms with Gasteiger partial charge in [-0.3, -0.25) is 14.5 Å². The van der Waals surface area contributed by atoms with E-state index in [4.69, 9.17) is 9.90 Å². The van der Waals surface area contributed by atoms with Crippen molar-refractivity contribution in [3.8, 4) is 0 Å². The van der Waals surface area contributed by atoms with Crippen LogP contribution in [0.2, 0.25) is 0 Å². The van der Waals surface area contributed by atoms with Crippen LogP contribution in [0.1, 0.15) is 49.3 Å². The van der Waals surface area contributed by atoms with Gasteiger partial charge in [-0.05, 0) is 45.7 Å². The molecule has 7 heteroatoms. The first kappa shape index (κ1) is 19.3. The summed E-state index contributed by atoms with van der Waals surface area (Å²) in [5.41, 5.74) is 2.13. The Morgan fingerprint density at radius 2 is 1.72 bits per heavy atom. The number of rotatable bonds is 2. The van der Waals surface area contributed by atoms with Crippen molar-refractivity contribution < 1.29 is 14.7 Å². The first-order valence-electron chi connectivity index (χ1n) is 8.84. The van der Waals surface area contributed by atoms with Gasteiger partial charge in [-0.25, -0.2) is 9.97 Å². The summed E-state index contributed by atoms with van der Waals surface area (Å²) in [6.07, 6.45) is 3.34. The Morgan fingerprint density at radius 1 is 1.16 bits per heavy atom. The summed E-state index contributed by atoms with van der Waals surface area (Å²) in [7, 11) is 0. The molecule has 1 amide bonds. The Bertz CT molecular complexity index is 580. The molecule has 2 fully saturated rings. The van der Waals surface area contributed by atoms with Gasteiger partial charge in [0.05, 0.1) is 0 Å². The predicted octanol–water partition coefficient (Wildman–Crippen LogP) is 1.59. The molecule has 25 heavy (non-hydrogen) atoms. The van der Waals surface area contributed by atoms with Gasteiger partial charge >= 0.3 is 0 Å². The molecule has 1 aromatic rings.